The van der Waals surface area contributed by atoms with Gasteiger partial charge in [0.2, 0.25) is 0 Å². The van der Waals surface area contributed by atoms with E-state index in [1.165, 1.54) is 11.5 Å². The van der Waals surface area contributed by atoms with E-state index in [1.54, 1.807) is 0 Å². The van der Waals surface area contributed by atoms with Crippen LogP contribution < -0.4 is 0 Å². The van der Waals surface area contributed by atoms with E-state index in [-0.39, 0.29) is 22.8 Å². The Morgan fingerprint density at radius 2 is 1.37 bits per heavy atom. The summed E-state index contributed by atoms with van der Waals surface area (Å²) in [5.41, 5.74) is -0.566. The number of rotatable bonds is 1. The van der Waals surface area contributed by atoms with Crippen LogP contribution in [-0.2, 0) is 4.74 Å². The maximum absolute atomic E-state index is 10.2. The Hall–Kier alpha value is -0.120. The minimum atomic E-state index is -0.225. The minimum Gasteiger partial charge on any atom is -0.372 e. The number of piperidine rings is 1. The van der Waals surface area contributed by atoms with Crippen LogP contribution in [0, 0.1) is 0 Å². The molecule has 0 amide bonds. The Labute approximate surface area is 120 Å². The maximum Gasteiger partial charge on any atom is 0.0618 e. The van der Waals surface area contributed by atoms with Crippen molar-refractivity contribution in [3.63, 3.8) is 0 Å². The Bertz CT molecular complexity index is 248. The number of hydroxylamine groups is 2. The minimum absolute atomic E-state index is 0.117. The average Bonchev–Trinajstić information content (AvgIpc) is 2.11. The van der Waals surface area contributed by atoms with Crippen molar-refractivity contribution in [2.75, 3.05) is 0 Å². The second-order valence-electron chi connectivity index (χ2n) is 7.90. The molecule has 3 nitrogen and oxygen atoms in total. The zero-order valence-corrected chi connectivity index (χ0v) is 14.5. The summed E-state index contributed by atoms with van der Waals surface area (Å²) in [7, 11) is 0. The first-order valence-corrected chi connectivity index (χ1v) is 7.52. The summed E-state index contributed by atoms with van der Waals surface area (Å²) in [5.74, 6) is 0. The zero-order valence-electron chi connectivity index (χ0n) is 14.5. The summed E-state index contributed by atoms with van der Waals surface area (Å²) in [6, 6.07) is 0. The highest BCUT2D eigenvalue weighted by molar-refractivity contribution is 4.97. The first-order chi connectivity index (χ1) is 8.35. The lowest BCUT2D eigenvalue weighted by Crippen LogP contribution is -2.61. The van der Waals surface area contributed by atoms with Crippen LogP contribution in [-0.4, -0.2) is 33.1 Å². The lowest BCUT2D eigenvalue weighted by atomic mass is 9.80. The molecule has 3 heteroatoms. The molecule has 1 N–H and O–H groups in total. The molecule has 0 aliphatic carbocycles. The van der Waals surface area contributed by atoms with Crippen molar-refractivity contribution in [2.24, 2.45) is 0 Å². The van der Waals surface area contributed by atoms with Gasteiger partial charge in [0, 0.05) is 11.1 Å². The molecule has 116 valence electrons. The van der Waals surface area contributed by atoms with E-state index >= 15 is 0 Å². The molecule has 1 heterocycles. The van der Waals surface area contributed by atoms with Crippen LogP contribution in [0.25, 0.3) is 0 Å². The fraction of sp³-hybridized carbons (Fsp3) is 1.00. The molecule has 1 fully saturated rings. The quantitative estimate of drug-likeness (QED) is 0.756. The van der Waals surface area contributed by atoms with Crippen molar-refractivity contribution in [1.29, 1.82) is 0 Å². The van der Waals surface area contributed by atoms with Crippen LogP contribution in [0.3, 0.4) is 0 Å². The molecule has 0 unspecified atom stereocenters. The summed E-state index contributed by atoms with van der Waals surface area (Å²) < 4.78 is 6.06. The van der Waals surface area contributed by atoms with Gasteiger partial charge in [0.25, 0.3) is 0 Å². The van der Waals surface area contributed by atoms with Gasteiger partial charge in [-0.3, -0.25) is 0 Å². The molecule has 0 aromatic heterocycles. The van der Waals surface area contributed by atoms with Gasteiger partial charge in [-0.1, -0.05) is 20.3 Å². The largest absolute Gasteiger partial charge is 0.372 e. The topological polar surface area (TPSA) is 32.7 Å². The van der Waals surface area contributed by atoms with E-state index in [4.69, 9.17) is 4.74 Å². The van der Waals surface area contributed by atoms with Crippen molar-refractivity contribution in [1.82, 2.24) is 5.06 Å². The molecule has 0 atom stereocenters. The third-order valence-corrected chi connectivity index (χ3v) is 3.12. The molecule has 1 aliphatic rings. The van der Waals surface area contributed by atoms with E-state index in [0.717, 1.165) is 12.8 Å². The van der Waals surface area contributed by atoms with Crippen molar-refractivity contribution >= 4 is 0 Å². The molecule has 0 aromatic carbocycles. The molecule has 19 heavy (non-hydrogen) atoms. The van der Waals surface area contributed by atoms with E-state index in [1.807, 2.05) is 0 Å². The van der Waals surface area contributed by atoms with Gasteiger partial charge in [0.1, 0.15) is 0 Å². The van der Waals surface area contributed by atoms with Crippen molar-refractivity contribution in [3.8, 4) is 0 Å². The lowest BCUT2D eigenvalue weighted by Gasteiger charge is -2.52. The Morgan fingerprint density at radius 1 is 1.05 bits per heavy atom. The SMILES string of the molecule is CC(C)(C)OC1CC(C)(C)N(O)C(C)(C)C1.CCC. The average molecular weight is 273 g/mol. The van der Waals surface area contributed by atoms with Gasteiger partial charge in [-0.2, -0.15) is 5.06 Å². The van der Waals surface area contributed by atoms with Crippen molar-refractivity contribution in [3.05, 3.63) is 0 Å². The summed E-state index contributed by atoms with van der Waals surface area (Å²) in [5, 5.41) is 11.6. The Morgan fingerprint density at radius 3 is 1.63 bits per heavy atom. The zero-order chi connectivity index (χ0) is 15.5. The van der Waals surface area contributed by atoms with E-state index in [0.29, 0.717) is 0 Å². The van der Waals surface area contributed by atoms with Crippen molar-refractivity contribution in [2.45, 2.75) is 104 Å². The second-order valence-corrected chi connectivity index (χ2v) is 7.90. The molecule has 0 bridgehead atoms. The fourth-order valence-corrected chi connectivity index (χ4v) is 2.76. The third kappa shape index (κ3) is 6.24. The summed E-state index contributed by atoms with van der Waals surface area (Å²) in [6.07, 6.45) is 3.20. The van der Waals surface area contributed by atoms with Gasteiger partial charge in [-0.25, -0.2) is 0 Å². The highest BCUT2D eigenvalue weighted by Crippen LogP contribution is 2.39. The lowest BCUT2D eigenvalue weighted by molar-refractivity contribution is -0.268. The molecule has 0 saturated carbocycles. The number of nitrogens with zero attached hydrogens (tertiary/aromatic N) is 1. The normalized spacial score (nSPS) is 23.7. The van der Waals surface area contributed by atoms with Crippen LogP contribution >= 0.6 is 0 Å². The predicted octanol–water partition coefficient (Wildman–Crippen LogP) is 4.63. The van der Waals surface area contributed by atoms with Crippen LogP contribution in [0.2, 0.25) is 0 Å². The molecule has 1 aliphatic heterocycles. The van der Waals surface area contributed by atoms with Gasteiger partial charge in [0.05, 0.1) is 11.7 Å². The first-order valence-electron chi connectivity index (χ1n) is 7.52. The molecule has 1 rings (SSSR count). The molecule has 0 spiro atoms. The van der Waals surface area contributed by atoms with Gasteiger partial charge in [-0.05, 0) is 61.3 Å². The predicted molar refractivity (Wildman–Crippen MR) is 81.6 cm³/mol. The smallest absolute Gasteiger partial charge is 0.0618 e. The number of hydrogen-bond acceptors (Lipinski definition) is 3. The Balaban J connectivity index is 0.000000982. The summed E-state index contributed by atoms with van der Waals surface area (Å²) in [4.78, 5) is 0. The summed E-state index contributed by atoms with van der Waals surface area (Å²) in [6.45, 7) is 18.7. The third-order valence-electron chi connectivity index (χ3n) is 3.12. The number of ether oxygens (including phenoxy) is 1. The highest BCUT2D eigenvalue weighted by atomic mass is 16.5. The van der Waals surface area contributed by atoms with Crippen molar-refractivity contribution < 1.29 is 9.94 Å². The van der Waals surface area contributed by atoms with Crippen LogP contribution in [0.4, 0.5) is 0 Å². The van der Waals surface area contributed by atoms with Gasteiger partial charge in [0.15, 0.2) is 0 Å². The first kappa shape index (κ1) is 18.9. The van der Waals surface area contributed by atoms with E-state index in [2.05, 4.69) is 62.3 Å². The Kier molecular flexibility index (Phi) is 6.51. The van der Waals surface area contributed by atoms with Gasteiger partial charge >= 0.3 is 0 Å². The molecule has 0 radical (unpaired) electrons. The van der Waals surface area contributed by atoms with Crippen LogP contribution in [0.15, 0.2) is 0 Å². The van der Waals surface area contributed by atoms with Crippen LogP contribution in [0.5, 0.6) is 0 Å². The molecule has 1 saturated heterocycles. The second kappa shape index (κ2) is 6.55. The van der Waals surface area contributed by atoms with E-state index < -0.39 is 0 Å². The fourth-order valence-electron chi connectivity index (χ4n) is 2.76. The maximum atomic E-state index is 10.2. The van der Waals surface area contributed by atoms with E-state index in [9.17, 15) is 5.21 Å². The van der Waals surface area contributed by atoms with Crippen LogP contribution in [0.1, 0.15) is 81.6 Å². The highest BCUT2D eigenvalue weighted by Gasteiger charge is 2.46. The monoisotopic (exact) mass is 273 g/mol. The summed E-state index contributed by atoms with van der Waals surface area (Å²) >= 11 is 0. The van der Waals surface area contributed by atoms with Gasteiger partial charge < -0.3 is 9.94 Å². The molecule has 0 aromatic rings. The number of hydrogen-bond donors (Lipinski definition) is 1. The molecular weight excluding hydrogens is 238 g/mol. The molecular formula is C16H35NO2. The standard InChI is InChI=1S/C13H27NO2.C3H8/c1-11(2,3)16-10-8-12(4,5)14(15)13(6,7)9-10;1-3-2/h10,15H,8-9H2,1-7H3;3H2,1-2H3. The van der Waals surface area contributed by atoms with Gasteiger partial charge in [-0.15, -0.1) is 0 Å².